The van der Waals surface area contributed by atoms with E-state index in [1.165, 1.54) is 0 Å². The molecule has 0 atom stereocenters. The van der Waals surface area contributed by atoms with E-state index in [1.807, 2.05) is 54.7 Å². The van der Waals surface area contributed by atoms with Crippen LogP contribution >= 0.6 is 0 Å². The first kappa shape index (κ1) is 15.1. The molecule has 0 aliphatic rings. The Balaban J connectivity index is 1.60. The topological polar surface area (TPSA) is 56.5 Å². The zero-order valence-corrected chi connectivity index (χ0v) is 13.4. The van der Waals surface area contributed by atoms with Crippen LogP contribution in [0.4, 0.5) is 0 Å². The van der Waals surface area contributed by atoms with Crippen LogP contribution in [0.2, 0.25) is 0 Å². The van der Waals surface area contributed by atoms with Crippen molar-refractivity contribution in [2.45, 2.75) is 0 Å². The molecule has 2 aromatic heterocycles. The van der Waals surface area contributed by atoms with E-state index < -0.39 is 0 Å². The van der Waals surface area contributed by atoms with Crippen molar-refractivity contribution in [3.05, 3.63) is 84.7 Å². The van der Waals surface area contributed by atoms with Gasteiger partial charge in [0.2, 0.25) is 0 Å². The molecule has 25 heavy (non-hydrogen) atoms. The fraction of sp³-hybridized carbons (Fsp3) is 0.0500. The number of hydrogen-bond acceptors (Lipinski definition) is 4. The highest BCUT2D eigenvalue weighted by atomic mass is 16.5. The number of carbonyl (C=O) groups excluding carboxylic acids is 1. The van der Waals surface area contributed by atoms with Crippen LogP contribution in [-0.4, -0.2) is 26.8 Å². The summed E-state index contributed by atoms with van der Waals surface area (Å²) in [7, 11) is 0. The highest BCUT2D eigenvalue weighted by Crippen LogP contribution is 2.21. The van der Waals surface area contributed by atoms with Gasteiger partial charge in [-0.1, -0.05) is 60.7 Å². The minimum Gasteiger partial charge on any atom is -0.456 e. The first-order valence-corrected chi connectivity index (χ1v) is 7.92. The van der Waals surface area contributed by atoms with Crippen LogP contribution in [0.3, 0.4) is 0 Å². The van der Waals surface area contributed by atoms with Crippen LogP contribution in [0.5, 0.6) is 6.01 Å². The molecule has 0 fully saturated rings. The first-order valence-electron chi connectivity index (χ1n) is 7.92. The van der Waals surface area contributed by atoms with Crippen molar-refractivity contribution in [2.24, 2.45) is 0 Å². The molecule has 2 aromatic carbocycles. The summed E-state index contributed by atoms with van der Waals surface area (Å²) in [5.74, 6) is -0.0946. The molecule has 0 saturated carbocycles. The normalized spacial score (nSPS) is 10.7. The second-order valence-corrected chi connectivity index (χ2v) is 5.53. The van der Waals surface area contributed by atoms with E-state index in [0.717, 1.165) is 16.9 Å². The lowest BCUT2D eigenvalue weighted by Gasteiger charge is -2.06. The van der Waals surface area contributed by atoms with Gasteiger partial charge >= 0.3 is 6.01 Å². The number of ketones is 1. The van der Waals surface area contributed by atoms with Crippen molar-refractivity contribution in [3.8, 4) is 17.3 Å². The van der Waals surface area contributed by atoms with Gasteiger partial charge in [0.1, 0.15) is 5.65 Å². The third kappa shape index (κ3) is 3.12. The highest BCUT2D eigenvalue weighted by molar-refractivity contribution is 5.97. The highest BCUT2D eigenvalue weighted by Gasteiger charge is 2.11. The van der Waals surface area contributed by atoms with E-state index in [0.29, 0.717) is 11.6 Å². The maximum absolute atomic E-state index is 12.2. The van der Waals surface area contributed by atoms with Gasteiger partial charge in [-0.2, -0.15) is 0 Å². The summed E-state index contributed by atoms with van der Waals surface area (Å²) in [4.78, 5) is 21.0. The average Bonchev–Trinajstić information content (AvgIpc) is 3.12. The molecule has 5 nitrogen and oxygen atoms in total. The zero-order chi connectivity index (χ0) is 17.1. The molecule has 2 heterocycles. The Morgan fingerprint density at radius 3 is 2.44 bits per heavy atom. The Bertz CT molecular complexity index is 1010. The summed E-state index contributed by atoms with van der Waals surface area (Å²) in [5, 5.41) is 0. The maximum atomic E-state index is 12.2. The van der Waals surface area contributed by atoms with Crippen molar-refractivity contribution in [3.63, 3.8) is 0 Å². The summed E-state index contributed by atoms with van der Waals surface area (Å²) in [6.45, 7) is -0.0744. The van der Waals surface area contributed by atoms with Crippen molar-refractivity contribution < 1.29 is 9.53 Å². The number of hydrogen-bond donors (Lipinski definition) is 0. The van der Waals surface area contributed by atoms with E-state index in [-0.39, 0.29) is 12.4 Å². The van der Waals surface area contributed by atoms with Gasteiger partial charge in [0.25, 0.3) is 0 Å². The van der Waals surface area contributed by atoms with E-state index >= 15 is 0 Å². The smallest absolute Gasteiger partial charge is 0.302 e. The summed E-state index contributed by atoms with van der Waals surface area (Å²) in [5.41, 5.74) is 3.17. The Morgan fingerprint density at radius 2 is 1.68 bits per heavy atom. The molecule has 0 bridgehead atoms. The number of nitrogens with zero attached hydrogens (tertiary/aromatic N) is 3. The predicted molar refractivity (Wildman–Crippen MR) is 94.7 cm³/mol. The Morgan fingerprint density at radius 1 is 0.960 bits per heavy atom. The first-order chi connectivity index (χ1) is 12.3. The third-order valence-electron chi connectivity index (χ3n) is 3.85. The number of imidazole rings is 1. The molecular weight excluding hydrogens is 314 g/mol. The molecule has 0 amide bonds. The lowest BCUT2D eigenvalue weighted by atomic mass is 10.1. The van der Waals surface area contributed by atoms with Gasteiger partial charge < -0.3 is 4.74 Å². The number of rotatable bonds is 5. The molecular formula is C20H15N3O2. The van der Waals surface area contributed by atoms with Crippen molar-refractivity contribution >= 4 is 11.4 Å². The standard InChI is InChI=1S/C20H15N3O2/c24-18(16-9-5-2-6-10-16)14-25-20-21-12-11-19-22-17(13-23(19)20)15-7-3-1-4-8-15/h1-13H,14H2. The molecule has 4 aromatic rings. The van der Waals surface area contributed by atoms with Gasteiger partial charge in [-0.3, -0.25) is 9.20 Å². The van der Waals surface area contributed by atoms with Crippen LogP contribution in [-0.2, 0) is 0 Å². The summed E-state index contributed by atoms with van der Waals surface area (Å²) >= 11 is 0. The van der Waals surface area contributed by atoms with Crippen molar-refractivity contribution in [1.29, 1.82) is 0 Å². The molecule has 0 saturated heterocycles. The second-order valence-electron chi connectivity index (χ2n) is 5.53. The van der Waals surface area contributed by atoms with E-state index in [4.69, 9.17) is 4.74 Å². The Kier molecular flexibility index (Phi) is 3.96. The van der Waals surface area contributed by atoms with Crippen LogP contribution in [0, 0.1) is 0 Å². The quantitative estimate of drug-likeness (QED) is 0.524. The van der Waals surface area contributed by atoms with Crippen molar-refractivity contribution in [1.82, 2.24) is 14.4 Å². The Labute approximate surface area is 144 Å². The molecule has 0 aliphatic heterocycles. The van der Waals surface area contributed by atoms with Crippen molar-refractivity contribution in [2.75, 3.05) is 6.61 Å². The predicted octanol–water partition coefficient (Wildman–Crippen LogP) is 3.66. The number of fused-ring (bicyclic) bond motifs is 1. The van der Waals surface area contributed by atoms with Gasteiger partial charge in [0.05, 0.1) is 5.69 Å². The van der Waals surface area contributed by atoms with Crippen LogP contribution < -0.4 is 4.74 Å². The van der Waals surface area contributed by atoms with Crippen LogP contribution in [0.1, 0.15) is 10.4 Å². The SMILES string of the molecule is O=C(COc1nccc2nc(-c3ccccc3)cn12)c1ccccc1. The maximum Gasteiger partial charge on any atom is 0.302 e. The molecule has 122 valence electrons. The summed E-state index contributed by atoms with van der Waals surface area (Å²) in [6, 6.07) is 21.1. The number of Topliss-reactive ketones (excluding diaryl/α,β-unsaturated/α-hetero) is 1. The van der Waals surface area contributed by atoms with Gasteiger partial charge in [0.15, 0.2) is 12.4 Å². The number of benzene rings is 2. The molecule has 0 radical (unpaired) electrons. The van der Waals surface area contributed by atoms with Gasteiger partial charge in [-0.15, -0.1) is 0 Å². The lowest BCUT2D eigenvalue weighted by molar-refractivity contribution is 0.0913. The zero-order valence-electron chi connectivity index (χ0n) is 13.4. The molecule has 5 heteroatoms. The Hall–Kier alpha value is -3.47. The largest absolute Gasteiger partial charge is 0.456 e. The van der Waals surface area contributed by atoms with Gasteiger partial charge in [-0.25, -0.2) is 9.97 Å². The second kappa shape index (κ2) is 6.57. The minimum absolute atomic E-state index is 0.0744. The monoisotopic (exact) mass is 329 g/mol. The molecule has 0 aliphatic carbocycles. The fourth-order valence-electron chi connectivity index (χ4n) is 2.59. The number of aromatic nitrogens is 3. The molecule has 4 rings (SSSR count). The minimum atomic E-state index is -0.0946. The van der Waals surface area contributed by atoms with Gasteiger partial charge in [0, 0.05) is 23.5 Å². The van der Waals surface area contributed by atoms with E-state index in [1.54, 1.807) is 28.8 Å². The number of ether oxygens (including phenoxy) is 1. The molecule has 0 spiro atoms. The van der Waals surface area contributed by atoms with E-state index in [2.05, 4.69) is 9.97 Å². The fourth-order valence-corrected chi connectivity index (χ4v) is 2.59. The van der Waals surface area contributed by atoms with Crippen LogP contribution in [0.15, 0.2) is 79.1 Å². The third-order valence-corrected chi connectivity index (χ3v) is 3.85. The number of carbonyl (C=O) groups is 1. The van der Waals surface area contributed by atoms with Crippen LogP contribution in [0.25, 0.3) is 16.9 Å². The average molecular weight is 329 g/mol. The van der Waals surface area contributed by atoms with E-state index in [9.17, 15) is 4.79 Å². The molecule has 0 N–H and O–H groups in total. The summed E-state index contributed by atoms with van der Waals surface area (Å²) < 4.78 is 7.40. The summed E-state index contributed by atoms with van der Waals surface area (Å²) in [6.07, 6.45) is 3.49. The lowest BCUT2D eigenvalue weighted by Crippen LogP contribution is -2.13. The van der Waals surface area contributed by atoms with Gasteiger partial charge in [-0.05, 0) is 6.07 Å². The molecule has 0 unspecified atom stereocenters.